The molecule has 2 nitrogen and oxygen atoms in total. The number of aryl methyl sites for hydroxylation is 2. The van der Waals surface area contributed by atoms with E-state index in [2.05, 4.69) is 72.0 Å². The summed E-state index contributed by atoms with van der Waals surface area (Å²) in [6.45, 7) is 4.21. The molecule has 1 aromatic carbocycles. The van der Waals surface area contributed by atoms with Gasteiger partial charge < -0.3 is 4.40 Å². The summed E-state index contributed by atoms with van der Waals surface area (Å²) < 4.78 is 2.08. The van der Waals surface area contributed by atoms with Gasteiger partial charge in [-0.1, -0.05) is 29.8 Å². The summed E-state index contributed by atoms with van der Waals surface area (Å²) in [6, 6.07) is 12.8. The summed E-state index contributed by atoms with van der Waals surface area (Å²) in [5.74, 6) is 0. The molecule has 0 saturated heterocycles. The third-order valence-electron chi connectivity index (χ3n) is 3.13. The van der Waals surface area contributed by atoms with Gasteiger partial charge in [-0.25, -0.2) is 4.98 Å². The van der Waals surface area contributed by atoms with Crippen LogP contribution in [0, 0.1) is 13.8 Å². The molecule has 0 spiro atoms. The standard InChI is InChI=1S/C16H16N2/c1-12-4-3-5-14(8-12)10-15-11-18-7-6-13(2)9-16(18)17-15/h3-9,11H,10H2,1-2H3. The van der Waals surface area contributed by atoms with E-state index in [4.69, 9.17) is 0 Å². The lowest BCUT2D eigenvalue weighted by Gasteiger charge is -1.99. The highest BCUT2D eigenvalue weighted by molar-refractivity contribution is 5.43. The molecule has 0 saturated carbocycles. The number of nitrogens with zero attached hydrogens (tertiary/aromatic N) is 2. The average Bonchev–Trinajstić information content (AvgIpc) is 2.70. The topological polar surface area (TPSA) is 17.3 Å². The molecule has 0 aliphatic rings. The highest BCUT2D eigenvalue weighted by atomic mass is 15.0. The maximum absolute atomic E-state index is 4.66. The normalized spacial score (nSPS) is 11.0. The first-order chi connectivity index (χ1) is 8.70. The van der Waals surface area contributed by atoms with Crippen LogP contribution in [0.25, 0.3) is 5.65 Å². The lowest BCUT2D eigenvalue weighted by Crippen LogP contribution is -1.88. The zero-order chi connectivity index (χ0) is 12.5. The number of fused-ring (bicyclic) bond motifs is 1. The Labute approximate surface area is 107 Å². The molecular weight excluding hydrogens is 220 g/mol. The van der Waals surface area contributed by atoms with Crippen LogP contribution < -0.4 is 0 Å². The maximum Gasteiger partial charge on any atom is 0.137 e. The predicted octanol–water partition coefficient (Wildman–Crippen LogP) is 3.54. The van der Waals surface area contributed by atoms with Crippen LogP contribution in [0.1, 0.15) is 22.4 Å². The van der Waals surface area contributed by atoms with Crippen molar-refractivity contribution in [3.63, 3.8) is 0 Å². The molecule has 0 fully saturated rings. The van der Waals surface area contributed by atoms with Gasteiger partial charge in [-0.2, -0.15) is 0 Å². The first-order valence-electron chi connectivity index (χ1n) is 6.20. The molecule has 0 amide bonds. The van der Waals surface area contributed by atoms with Crippen molar-refractivity contribution in [3.8, 4) is 0 Å². The quantitative estimate of drug-likeness (QED) is 0.665. The first kappa shape index (κ1) is 11.0. The van der Waals surface area contributed by atoms with Crippen LogP contribution in [0.3, 0.4) is 0 Å². The summed E-state index contributed by atoms with van der Waals surface area (Å²) in [5.41, 5.74) is 6.00. The lowest BCUT2D eigenvalue weighted by atomic mass is 10.1. The molecule has 0 bridgehead atoms. The van der Waals surface area contributed by atoms with E-state index in [0.717, 1.165) is 17.8 Å². The number of rotatable bonds is 2. The Bertz CT molecular complexity index is 695. The summed E-state index contributed by atoms with van der Waals surface area (Å²) in [4.78, 5) is 4.66. The third-order valence-corrected chi connectivity index (χ3v) is 3.13. The number of hydrogen-bond acceptors (Lipinski definition) is 1. The van der Waals surface area contributed by atoms with Gasteiger partial charge in [-0.15, -0.1) is 0 Å². The van der Waals surface area contributed by atoms with Gasteiger partial charge in [0.2, 0.25) is 0 Å². The molecule has 3 rings (SSSR count). The third kappa shape index (κ3) is 2.14. The molecule has 2 heteroatoms. The average molecular weight is 236 g/mol. The van der Waals surface area contributed by atoms with Gasteiger partial charge in [0.1, 0.15) is 5.65 Å². The molecule has 2 aromatic heterocycles. The van der Waals surface area contributed by atoms with E-state index in [9.17, 15) is 0 Å². The smallest absolute Gasteiger partial charge is 0.137 e. The van der Waals surface area contributed by atoms with Gasteiger partial charge in [0.05, 0.1) is 5.69 Å². The molecule has 0 N–H and O–H groups in total. The Hall–Kier alpha value is -2.09. The van der Waals surface area contributed by atoms with Gasteiger partial charge in [-0.3, -0.25) is 0 Å². The van der Waals surface area contributed by atoms with Crippen molar-refractivity contribution in [1.82, 2.24) is 9.38 Å². The van der Waals surface area contributed by atoms with Crippen molar-refractivity contribution in [2.24, 2.45) is 0 Å². The van der Waals surface area contributed by atoms with Crippen molar-refractivity contribution >= 4 is 5.65 Å². The van der Waals surface area contributed by atoms with Gasteiger partial charge in [0.25, 0.3) is 0 Å². The molecule has 3 aromatic rings. The van der Waals surface area contributed by atoms with Crippen molar-refractivity contribution in [1.29, 1.82) is 0 Å². The highest BCUT2D eigenvalue weighted by Crippen LogP contribution is 2.13. The van der Waals surface area contributed by atoms with Crippen LogP contribution in [0.5, 0.6) is 0 Å². The monoisotopic (exact) mass is 236 g/mol. The Balaban J connectivity index is 1.95. The number of imidazole rings is 1. The van der Waals surface area contributed by atoms with Gasteiger partial charge >= 0.3 is 0 Å². The first-order valence-corrected chi connectivity index (χ1v) is 6.20. The van der Waals surface area contributed by atoms with E-state index in [1.165, 1.54) is 16.7 Å². The van der Waals surface area contributed by atoms with Crippen molar-refractivity contribution in [2.75, 3.05) is 0 Å². The summed E-state index contributed by atoms with van der Waals surface area (Å²) in [6.07, 6.45) is 5.07. The Kier molecular flexibility index (Phi) is 2.63. The van der Waals surface area contributed by atoms with Gasteiger partial charge in [0.15, 0.2) is 0 Å². The molecule has 0 unspecified atom stereocenters. The highest BCUT2D eigenvalue weighted by Gasteiger charge is 2.03. The molecule has 2 heterocycles. The summed E-state index contributed by atoms with van der Waals surface area (Å²) >= 11 is 0. The molecule has 0 aliphatic heterocycles. The number of aromatic nitrogens is 2. The van der Waals surface area contributed by atoms with Crippen LogP contribution in [0.2, 0.25) is 0 Å². The van der Waals surface area contributed by atoms with E-state index in [1.54, 1.807) is 0 Å². The Morgan fingerprint density at radius 1 is 1.06 bits per heavy atom. The van der Waals surface area contributed by atoms with Crippen LogP contribution in [-0.2, 0) is 6.42 Å². The number of hydrogen-bond donors (Lipinski definition) is 0. The van der Waals surface area contributed by atoms with E-state index in [0.29, 0.717) is 0 Å². The second-order valence-electron chi connectivity index (χ2n) is 4.87. The molecule has 0 aliphatic carbocycles. The van der Waals surface area contributed by atoms with Crippen LogP contribution in [-0.4, -0.2) is 9.38 Å². The van der Waals surface area contributed by atoms with E-state index >= 15 is 0 Å². The van der Waals surface area contributed by atoms with Crippen LogP contribution >= 0.6 is 0 Å². The molecule has 90 valence electrons. The second kappa shape index (κ2) is 4.30. The second-order valence-corrected chi connectivity index (χ2v) is 4.87. The van der Waals surface area contributed by atoms with Crippen LogP contribution in [0.4, 0.5) is 0 Å². The maximum atomic E-state index is 4.66. The Morgan fingerprint density at radius 3 is 2.72 bits per heavy atom. The lowest BCUT2D eigenvalue weighted by molar-refractivity contribution is 1.11. The SMILES string of the molecule is Cc1cccc(Cc2cn3ccc(C)cc3n2)c1. The minimum atomic E-state index is 0.891. The molecule has 0 radical (unpaired) electrons. The van der Waals surface area contributed by atoms with E-state index < -0.39 is 0 Å². The van der Waals surface area contributed by atoms with Crippen molar-refractivity contribution in [2.45, 2.75) is 20.3 Å². The molecule has 18 heavy (non-hydrogen) atoms. The minimum absolute atomic E-state index is 0.891. The molecular formula is C16H16N2. The number of pyridine rings is 1. The molecule has 0 atom stereocenters. The van der Waals surface area contributed by atoms with Crippen molar-refractivity contribution < 1.29 is 0 Å². The number of benzene rings is 1. The zero-order valence-corrected chi connectivity index (χ0v) is 10.7. The van der Waals surface area contributed by atoms with E-state index in [-0.39, 0.29) is 0 Å². The fourth-order valence-corrected chi connectivity index (χ4v) is 2.25. The summed E-state index contributed by atoms with van der Waals surface area (Å²) in [7, 11) is 0. The fraction of sp³-hybridized carbons (Fsp3) is 0.188. The van der Waals surface area contributed by atoms with Gasteiger partial charge in [0, 0.05) is 18.8 Å². The van der Waals surface area contributed by atoms with E-state index in [1.807, 2.05) is 0 Å². The minimum Gasteiger partial charge on any atom is -0.307 e. The van der Waals surface area contributed by atoms with Crippen molar-refractivity contribution in [3.05, 3.63) is 71.2 Å². The Morgan fingerprint density at radius 2 is 1.89 bits per heavy atom. The summed E-state index contributed by atoms with van der Waals surface area (Å²) in [5, 5.41) is 0. The largest absolute Gasteiger partial charge is 0.307 e. The van der Waals surface area contributed by atoms with Crippen LogP contribution in [0.15, 0.2) is 48.8 Å². The fourth-order valence-electron chi connectivity index (χ4n) is 2.25. The predicted molar refractivity (Wildman–Crippen MR) is 73.9 cm³/mol. The van der Waals surface area contributed by atoms with Gasteiger partial charge in [-0.05, 0) is 37.1 Å². The zero-order valence-electron chi connectivity index (χ0n) is 10.7.